The normalized spacial score (nSPS) is 15.7. The summed E-state index contributed by atoms with van der Waals surface area (Å²) in [5, 5.41) is 10.2. The fourth-order valence-electron chi connectivity index (χ4n) is 2.64. The molecular formula is C17H18ClN3O2. The van der Waals surface area contributed by atoms with Crippen LogP contribution >= 0.6 is 11.6 Å². The van der Waals surface area contributed by atoms with Gasteiger partial charge in [-0.25, -0.2) is 9.97 Å². The minimum Gasteiger partial charge on any atom is -0.393 e. The van der Waals surface area contributed by atoms with Gasteiger partial charge < -0.3 is 10.0 Å². The SMILES string of the molecule is Cc1cc(C(=O)N2CCC(O)CC2)nc(-c2ccc(Cl)cc2)n1. The van der Waals surface area contributed by atoms with Crippen molar-refractivity contribution in [1.29, 1.82) is 0 Å². The van der Waals surface area contributed by atoms with E-state index in [-0.39, 0.29) is 12.0 Å². The van der Waals surface area contributed by atoms with Crippen molar-refractivity contribution in [3.63, 3.8) is 0 Å². The van der Waals surface area contributed by atoms with E-state index in [1.165, 1.54) is 0 Å². The lowest BCUT2D eigenvalue weighted by atomic mass is 10.1. The third-order valence-corrected chi connectivity index (χ3v) is 4.18. The molecule has 2 aromatic rings. The number of carbonyl (C=O) groups is 1. The van der Waals surface area contributed by atoms with Crippen LogP contribution < -0.4 is 0 Å². The summed E-state index contributed by atoms with van der Waals surface area (Å²) in [5.74, 6) is 0.402. The molecule has 1 fully saturated rings. The first-order valence-corrected chi connectivity index (χ1v) is 7.99. The first kappa shape index (κ1) is 15.9. The Morgan fingerprint density at radius 2 is 1.87 bits per heavy atom. The van der Waals surface area contributed by atoms with E-state index in [9.17, 15) is 9.90 Å². The van der Waals surface area contributed by atoms with Gasteiger partial charge in [0.25, 0.3) is 5.91 Å². The first-order valence-electron chi connectivity index (χ1n) is 7.62. The van der Waals surface area contributed by atoms with Crippen LogP contribution in [-0.4, -0.2) is 45.1 Å². The zero-order valence-electron chi connectivity index (χ0n) is 12.9. The van der Waals surface area contributed by atoms with Crippen LogP contribution in [0.15, 0.2) is 30.3 Å². The number of aromatic nitrogens is 2. The van der Waals surface area contributed by atoms with Gasteiger partial charge in [-0.05, 0) is 50.1 Å². The highest BCUT2D eigenvalue weighted by molar-refractivity contribution is 6.30. The van der Waals surface area contributed by atoms with Crippen LogP contribution in [0, 0.1) is 6.92 Å². The van der Waals surface area contributed by atoms with E-state index in [0.717, 1.165) is 11.3 Å². The van der Waals surface area contributed by atoms with Gasteiger partial charge >= 0.3 is 0 Å². The number of hydrogen-bond acceptors (Lipinski definition) is 4. The molecule has 6 heteroatoms. The Morgan fingerprint density at radius 3 is 2.52 bits per heavy atom. The van der Waals surface area contributed by atoms with Crippen LogP contribution in [0.3, 0.4) is 0 Å². The lowest BCUT2D eigenvalue weighted by Crippen LogP contribution is -2.40. The van der Waals surface area contributed by atoms with Crippen molar-refractivity contribution in [2.24, 2.45) is 0 Å². The fraction of sp³-hybridized carbons (Fsp3) is 0.353. The second kappa shape index (κ2) is 6.64. The molecule has 23 heavy (non-hydrogen) atoms. The predicted molar refractivity (Wildman–Crippen MR) is 88.4 cm³/mol. The molecule has 1 aromatic carbocycles. The Kier molecular flexibility index (Phi) is 4.59. The lowest BCUT2D eigenvalue weighted by Gasteiger charge is -2.29. The maximum absolute atomic E-state index is 12.6. The van der Waals surface area contributed by atoms with Crippen LogP contribution in [0.1, 0.15) is 29.0 Å². The standard InChI is InChI=1S/C17H18ClN3O2/c1-11-10-15(17(23)21-8-6-14(22)7-9-21)20-16(19-11)12-2-4-13(18)5-3-12/h2-5,10,14,22H,6-9H2,1H3. The number of carbonyl (C=O) groups excluding carboxylic acids is 1. The molecule has 2 heterocycles. The molecule has 1 amide bonds. The molecule has 0 spiro atoms. The molecule has 1 aromatic heterocycles. The number of halogens is 1. The zero-order chi connectivity index (χ0) is 16.4. The van der Waals surface area contributed by atoms with E-state index in [2.05, 4.69) is 9.97 Å². The van der Waals surface area contributed by atoms with Crippen LogP contribution in [-0.2, 0) is 0 Å². The van der Waals surface area contributed by atoms with Crippen molar-refractivity contribution in [3.05, 3.63) is 46.7 Å². The van der Waals surface area contributed by atoms with Gasteiger partial charge in [0.1, 0.15) is 5.69 Å². The summed E-state index contributed by atoms with van der Waals surface area (Å²) in [4.78, 5) is 23.2. The summed E-state index contributed by atoms with van der Waals surface area (Å²) in [6.45, 7) is 2.95. The molecule has 0 saturated carbocycles. The Bertz CT molecular complexity index is 710. The highest BCUT2D eigenvalue weighted by atomic mass is 35.5. The van der Waals surface area contributed by atoms with Crippen molar-refractivity contribution in [1.82, 2.24) is 14.9 Å². The highest BCUT2D eigenvalue weighted by Crippen LogP contribution is 2.20. The van der Waals surface area contributed by atoms with E-state index in [4.69, 9.17) is 11.6 Å². The van der Waals surface area contributed by atoms with Crippen molar-refractivity contribution < 1.29 is 9.90 Å². The summed E-state index contributed by atoms with van der Waals surface area (Å²) in [6.07, 6.45) is 0.912. The number of hydrogen-bond donors (Lipinski definition) is 1. The van der Waals surface area contributed by atoms with Crippen molar-refractivity contribution in [3.8, 4) is 11.4 Å². The largest absolute Gasteiger partial charge is 0.393 e. The van der Waals surface area contributed by atoms with Crippen molar-refractivity contribution >= 4 is 17.5 Å². The number of aliphatic hydroxyl groups is 1. The summed E-state index contributed by atoms with van der Waals surface area (Å²) in [5.41, 5.74) is 1.95. The number of piperidine rings is 1. The van der Waals surface area contributed by atoms with E-state index in [1.807, 2.05) is 19.1 Å². The molecule has 5 nitrogen and oxygen atoms in total. The predicted octanol–water partition coefficient (Wildman–Crippen LogP) is 2.70. The molecule has 0 bridgehead atoms. The molecule has 1 N–H and O–H groups in total. The molecule has 1 aliphatic heterocycles. The third kappa shape index (κ3) is 3.68. The van der Waals surface area contributed by atoms with Gasteiger partial charge in [0.05, 0.1) is 6.10 Å². The summed E-state index contributed by atoms with van der Waals surface area (Å²) >= 11 is 5.90. The summed E-state index contributed by atoms with van der Waals surface area (Å²) in [6, 6.07) is 8.92. The lowest BCUT2D eigenvalue weighted by molar-refractivity contribution is 0.0541. The zero-order valence-corrected chi connectivity index (χ0v) is 13.6. The van der Waals surface area contributed by atoms with Gasteiger partial charge in [0.15, 0.2) is 5.82 Å². The summed E-state index contributed by atoms with van der Waals surface area (Å²) in [7, 11) is 0. The highest BCUT2D eigenvalue weighted by Gasteiger charge is 2.23. The molecule has 3 rings (SSSR count). The van der Waals surface area contributed by atoms with Gasteiger partial charge in [0.2, 0.25) is 0 Å². The average molecular weight is 332 g/mol. The second-order valence-electron chi connectivity index (χ2n) is 5.75. The quantitative estimate of drug-likeness (QED) is 0.918. The molecule has 0 aliphatic carbocycles. The number of amides is 1. The van der Waals surface area contributed by atoms with E-state index in [0.29, 0.717) is 42.5 Å². The molecule has 0 radical (unpaired) electrons. The number of nitrogens with zero attached hydrogens (tertiary/aromatic N) is 3. The molecule has 0 unspecified atom stereocenters. The number of benzene rings is 1. The van der Waals surface area contributed by atoms with Gasteiger partial charge in [-0.15, -0.1) is 0 Å². The van der Waals surface area contributed by atoms with Gasteiger partial charge in [-0.1, -0.05) is 11.6 Å². The number of aliphatic hydroxyl groups excluding tert-OH is 1. The topological polar surface area (TPSA) is 66.3 Å². The monoisotopic (exact) mass is 331 g/mol. The Hall–Kier alpha value is -1.98. The first-order chi connectivity index (χ1) is 11.0. The van der Waals surface area contributed by atoms with Crippen LogP contribution in [0.5, 0.6) is 0 Å². The van der Waals surface area contributed by atoms with E-state index in [1.54, 1.807) is 23.1 Å². The van der Waals surface area contributed by atoms with Crippen LogP contribution in [0.2, 0.25) is 5.02 Å². The molecule has 1 aliphatic rings. The van der Waals surface area contributed by atoms with E-state index < -0.39 is 0 Å². The van der Waals surface area contributed by atoms with Crippen LogP contribution in [0.25, 0.3) is 11.4 Å². The Morgan fingerprint density at radius 1 is 1.22 bits per heavy atom. The fourth-order valence-corrected chi connectivity index (χ4v) is 2.76. The molecule has 1 saturated heterocycles. The minimum atomic E-state index is -0.309. The average Bonchev–Trinajstić information content (AvgIpc) is 2.55. The van der Waals surface area contributed by atoms with Gasteiger partial charge in [-0.3, -0.25) is 4.79 Å². The Labute approximate surface area is 139 Å². The molecule has 120 valence electrons. The number of aryl methyl sites for hydroxylation is 1. The Balaban J connectivity index is 1.88. The van der Waals surface area contributed by atoms with Gasteiger partial charge in [0, 0.05) is 29.4 Å². The maximum atomic E-state index is 12.6. The number of rotatable bonds is 2. The van der Waals surface area contributed by atoms with Crippen molar-refractivity contribution in [2.45, 2.75) is 25.9 Å². The smallest absolute Gasteiger partial charge is 0.272 e. The van der Waals surface area contributed by atoms with Crippen LogP contribution in [0.4, 0.5) is 0 Å². The maximum Gasteiger partial charge on any atom is 0.272 e. The van der Waals surface area contributed by atoms with Crippen molar-refractivity contribution in [2.75, 3.05) is 13.1 Å². The van der Waals surface area contributed by atoms with Gasteiger partial charge in [-0.2, -0.15) is 0 Å². The third-order valence-electron chi connectivity index (χ3n) is 3.93. The minimum absolute atomic E-state index is 0.113. The molecular weight excluding hydrogens is 314 g/mol. The summed E-state index contributed by atoms with van der Waals surface area (Å²) < 4.78 is 0. The number of likely N-dealkylation sites (tertiary alicyclic amines) is 1. The molecule has 0 atom stereocenters. The van der Waals surface area contributed by atoms with E-state index >= 15 is 0 Å². The second-order valence-corrected chi connectivity index (χ2v) is 6.18.